The van der Waals surface area contributed by atoms with Gasteiger partial charge in [0.05, 0.1) is 12.2 Å². The first-order valence-corrected chi connectivity index (χ1v) is 8.83. The summed E-state index contributed by atoms with van der Waals surface area (Å²) in [6.07, 6.45) is 5.15. The van der Waals surface area contributed by atoms with Crippen LogP contribution in [0.15, 0.2) is 27.9 Å². The van der Waals surface area contributed by atoms with E-state index in [1.807, 2.05) is 0 Å². The molecule has 0 aromatic carbocycles. The standard InChI is InChI=1S/C14H20N2O4S/c17-14(15-9-11-5-6-11)12-3-1-7-16(10-12)21(18,19)13-4-2-8-20-13/h2,4,8,11-12H,1,3,5-7,9-10H2,(H,15,17). The van der Waals surface area contributed by atoms with Crippen LogP contribution in [0.25, 0.3) is 0 Å². The molecule has 1 aromatic heterocycles. The second-order valence-corrected chi connectivity index (χ2v) is 7.69. The minimum atomic E-state index is -3.62. The third-order valence-corrected chi connectivity index (χ3v) is 5.86. The summed E-state index contributed by atoms with van der Waals surface area (Å²) in [5, 5.41) is 2.88. The van der Waals surface area contributed by atoms with E-state index in [9.17, 15) is 13.2 Å². The van der Waals surface area contributed by atoms with Crippen molar-refractivity contribution in [2.24, 2.45) is 11.8 Å². The van der Waals surface area contributed by atoms with Crippen LogP contribution in [-0.2, 0) is 14.8 Å². The fourth-order valence-electron chi connectivity index (χ4n) is 2.62. The molecule has 2 fully saturated rings. The van der Waals surface area contributed by atoms with E-state index in [1.165, 1.54) is 29.5 Å². The average Bonchev–Trinajstić information content (AvgIpc) is 3.15. The van der Waals surface area contributed by atoms with Gasteiger partial charge in [-0.1, -0.05) is 0 Å². The fourth-order valence-corrected chi connectivity index (χ4v) is 4.05. The Morgan fingerprint density at radius 1 is 1.38 bits per heavy atom. The Bertz CT molecular complexity index is 593. The quantitative estimate of drug-likeness (QED) is 0.886. The van der Waals surface area contributed by atoms with Gasteiger partial charge in [-0.15, -0.1) is 0 Å². The van der Waals surface area contributed by atoms with Gasteiger partial charge in [-0.3, -0.25) is 4.79 Å². The first-order chi connectivity index (χ1) is 10.1. The number of hydrogen-bond acceptors (Lipinski definition) is 4. The molecule has 1 aromatic rings. The topological polar surface area (TPSA) is 79.6 Å². The normalized spacial score (nSPS) is 23.9. The van der Waals surface area contributed by atoms with Crippen LogP contribution in [-0.4, -0.2) is 38.3 Å². The monoisotopic (exact) mass is 312 g/mol. The second-order valence-electron chi connectivity index (χ2n) is 5.82. The van der Waals surface area contributed by atoms with Crippen molar-refractivity contribution in [3.63, 3.8) is 0 Å². The number of piperidine rings is 1. The van der Waals surface area contributed by atoms with Crippen molar-refractivity contribution in [1.82, 2.24) is 9.62 Å². The van der Waals surface area contributed by atoms with Crippen LogP contribution in [0.1, 0.15) is 25.7 Å². The molecule has 0 radical (unpaired) electrons. The van der Waals surface area contributed by atoms with E-state index in [0.29, 0.717) is 18.9 Å². The number of hydrogen-bond donors (Lipinski definition) is 1. The van der Waals surface area contributed by atoms with E-state index >= 15 is 0 Å². The maximum atomic E-state index is 12.4. The van der Waals surface area contributed by atoms with Crippen LogP contribution >= 0.6 is 0 Å². The zero-order valence-electron chi connectivity index (χ0n) is 11.8. The Morgan fingerprint density at radius 2 is 2.19 bits per heavy atom. The van der Waals surface area contributed by atoms with Crippen molar-refractivity contribution in [3.8, 4) is 0 Å². The van der Waals surface area contributed by atoms with Crippen molar-refractivity contribution in [2.45, 2.75) is 30.8 Å². The number of sulfonamides is 1. The Labute approximate surface area is 124 Å². The Hall–Kier alpha value is -1.34. The molecule has 6 nitrogen and oxygen atoms in total. The molecule has 1 amide bonds. The molecule has 1 saturated heterocycles. The molecule has 2 heterocycles. The molecule has 1 N–H and O–H groups in total. The molecule has 116 valence electrons. The summed E-state index contributed by atoms with van der Waals surface area (Å²) in [5.74, 6) is 0.337. The highest BCUT2D eigenvalue weighted by Gasteiger charge is 2.35. The summed E-state index contributed by atoms with van der Waals surface area (Å²) in [6.45, 7) is 1.40. The predicted octanol–water partition coefficient (Wildman–Crippen LogP) is 1.21. The number of nitrogens with one attached hydrogen (secondary N) is 1. The van der Waals surface area contributed by atoms with Crippen LogP contribution in [0, 0.1) is 11.8 Å². The predicted molar refractivity (Wildman–Crippen MR) is 75.9 cm³/mol. The number of furan rings is 1. The number of carbonyl (C=O) groups is 1. The van der Waals surface area contributed by atoms with Crippen LogP contribution in [0.4, 0.5) is 0 Å². The van der Waals surface area contributed by atoms with E-state index in [-0.39, 0.29) is 23.5 Å². The summed E-state index contributed by atoms with van der Waals surface area (Å²) >= 11 is 0. The van der Waals surface area contributed by atoms with Gasteiger partial charge in [0.15, 0.2) is 0 Å². The highest BCUT2D eigenvalue weighted by molar-refractivity contribution is 7.89. The summed E-state index contributed by atoms with van der Waals surface area (Å²) in [5.41, 5.74) is 0. The van der Waals surface area contributed by atoms with Crippen LogP contribution in [0.3, 0.4) is 0 Å². The summed E-state index contributed by atoms with van der Waals surface area (Å²) in [4.78, 5) is 12.1. The van der Waals surface area contributed by atoms with Crippen LogP contribution in [0.5, 0.6) is 0 Å². The first-order valence-electron chi connectivity index (χ1n) is 7.39. The zero-order chi connectivity index (χ0) is 14.9. The van der Waals surface area contributed by atoms with Gasteiger partial charge in [-0.2, -0.15) is 4.31 Å². The lowest BCUT2D eigenvalue weighted by atomic mass is 9.99. The highest BCUT2D eigenvalue weighted by Crippen LogP contribution is 2.28. The van der Waals surface area contributed by atoms with Gasteiger partial charge in [0, 0.05) is 19.6 Å². The van der Waals surface area contributed by atoms with E-state index < -0.39 is 10.0 Å². The molecule has 0 spiro atoms. The number of carbonyl (C=O) groups excluding carboxylic acids is 1. The fraction of sp³-hybridized carbons (Fsp3) is 0.643. The first kappa shape index (κ1) is 14.6. The summed E-state index contributed by atoms with van der Waals surface area (Å²) < 4.78 is 31.1. The van der Waals surface area contributed by atoms with E-state index in [1.54, 1.807) is 6.07 Å². The lowest BCUT2D eigenvalue weighted by molar-refractivity contribution is -0.126. The third-order valence-electron chi connectivity index (χ3n) is 4.11. The van der Waals surface area contributed by atoms with Gasteiger partial charge in [0.25, 0.3) is 10.0 Å². The zero-order valence-corrected chi connectivity index (χ0v) is 12.6. The maximum Gasteiger partial charge on any atom is 0.276 e. The number of nitrogens with zero attached hydrogens (tertiary/aromatic N) is 1. The Morgan fingerprint density at radius 3 is 2.86 bits per heavy atom. The molecular formula is C14H20N2O4S. The smallest absolute Gasteiger partial charge is 0.276 e. The van der Waals surface area contributed by atoms with Crippen molar-refractivity contribution in [1.29, 1.82) is 0 Å². The maximum absolute atomic E-state index is 12.4. The van der Waals surface area contributed by atoms with E-state index in [2.05, 4.69) is 5.32 Å². The lowest BCUT2D eigenvalue weighted by Gasteiger charge is -2.30. The average molecular weight is 312 g/mol. The largest absolute Gasteiger partial charge is 0.452 e. The van der Waals surface area contributed by atoms with Gasteiger partial charge in [0.1, 0.15) is 0 Å². The highest BCUT2D eigenvalue weighted by atomic mass is 32.2. The Kier molecular flexibility index (Phi) is 4.03. The molecule has 21 heavy (non-hydrogen) atoms. The van der Waals surface area contributed by atoms with Crippen LogP contribution < -0.4 is 5.32 Å². The molecule has 1 aliphatic carbocycles. The molecular weight excluding hydrogens is 292 g/mol. The third kappa shape index (κ3) is 3.29. The Balaban J connectivity index is 1.63. The van der Waals surface area contributed by atoms with Crippen molar-refractivity contribution < 1.29 is 17.6 Å². The molecule has 3 rings (SSSR count). The minimum Gasteiger partial charge on any atom is -0.452 e. The minimum absolute atomic E-state index is 0.0266. The van der Waals surface area contributed by atoms with Crippen molar-refractivity contribution in [2.75, 3.05) is 19.6 Å². The summed E-state index contributed by atoms with van der Waals surface area (Å²) in [6, 6.07) is 2.99. The summed E-state index contributed by atoms with van der Waals surface area (Å²) in [7, 11) is -3.62. The lowest BCUT2D eigenvalue weighted by Crippen LogP contribution is -2.45. The SMILES string of the molecule is O=C(NCC1CC1)C1CCCN(S(=O)(=O)c2ccco2)C1. The van der Waals surface area contributed by atoms with Crippen LogP contribution in [0.2, 0.25) is 0 Å². The number of rotatable bonds is 5. The molecule has 1 atom stereocenters. The van der Waals surface area contributed by atoms with E-state index in [0.717, 1.165) is 13.0 Å². The second kappa shape index (κ2) is 5.81. The molecule has 0 bridgehead atoms. The van der Waals surface area contributed by atoms with Gasteiger partial charge in [0.2, 0.25) is 11.0 Å². The van der Waals surface area contributed by atoms with Gasteiger partial charge in [-0.25, -0.2) is 8.42 Å². The van der Waals surface area contributed by atoms with E-state index in [4.69, 9.17) is 4.42 Å². The van der Waals surface area contributed by atoms with Crippen molar-refractivity contribution >= 4 is 15.9 Å². The molecule has 1 saturated carbocycles. The van der Waals surface area contributed by atoms with Crippen molar-refractivity contribution in [3.05, 3.63) is 18.4 Å². The molecule has 7 heteroatoms. The molecule has 1 unspecified atom stereocenters. The van der Waals surface area contributed by atoms with Gasteiger partial charge >= 0.3 is 0 Å². The number of amides is 1. The molecule has 1 aliphatic heterocycles. The van der Waals surface area contributed by atoms with Gasteiger partial charge in [-0.05, 0) is 43.7 Å². The van der Waals surface area contributed by atoms with Gasteiger partial charge < -0.3 is 9.73 Å². The molecule has 2 aliphatic rings.